The number of aromatic amines is 1. The number of thiophene rings is 1. The number of rotatable bonds is 4. The second-order valence-corrected chi connectivity index (χ2v) is 5.58. The van der Waals surface area contributed by atoms with E-state index >= 15 is 0 Å². The van der Waals surface area contributed by atoms with E-state index in [0.717, 1.165) is 16.0 Å². The van der Waals surface area contributed by atoms with Crippen molar-refractivity contribution in [3.63, 3.8) is 0 Å². The van der Waals surface area contributed by atoms with E-state index in [9.17, 15) is 9.59 Å². The normalized spacial score (nSPS) is 10.6. The Morgan fingerprint density at radius 3 is 2.95 bits per heavy atom. The number of anilines is 1. The molecule has 112 valence electrons. The van der Waals surface area contributed by atoms with Crippen molar-refractivity contribution in [2.24, 2.45) is 0 Å². The summed E-state index contributed by atoms with van der Waals surface area (Å²) in [7, 11) is 1.28. The highest BCUT2D eigenvalue weighted by atomic mass is 32.1. The van der Waals surface area contributed by atoms with Gasteiger partial charge in [-0.05, 0) is 29.1 Å². The number of imidazole rings is 1. The van der Waals surface area contributed by atoms with E-state index in [4.69, 9.17) is 0 Å². The Labute approximate surface area is 130 Å². The van der Waals surface area contributed by atoms with Gasteiger partial charge >= 0.3 is 6.09 Å². The van der Waals surface area contributed by atoms with Crippen LogP contribution in [0.3, 0.4) is 0 Å². The maximum atomic E-state index is 12.1. The highest BCUT2D eigenvalue weighted by molar-refractivity contribution is 7.12. The maximum absolute atomic E-state index is 12.1. The summed E-state index contributed by atoms with van der Waals surface area (Å²) in [6.45, 7) is 0. The number of methoxy groups -OCH3 is 1. The van der Waals surface area contributed by atoms with Crippen LogP contribution in [0, 0.1) is 0 Å². The molecule has 0 radical (unpaired) electrons. The Balaban J connectivity index is 1.80. The first-order chi connectivity index (χ1) is 10.7. The Bertz CT molecular complexity index is 824. The summed E-state index contributed by atoms with van der Waals surface area (Å²) in [6, 6.07) is 9.21. The van der Waals surface area contributed by atoms with Gasteiger partial charge in [0.1, 0.15) is 0 Å². The van der Waals surface area contributed by atoms with Gasteiger partial charge in [-0.2, -0.15) is 0 Å². The standard InChI is InChI=1S/C15H13N3O3S/c1-21-15(20)18-14-16-10-5-4-9(7-11(10)17-14)8-12(19)13-3-2-6-22-13/h2-7H,8H2,1H3,(H2,16,17,18,20). The monoisotopic (exact) mass is 315 g/mol. The van der Waals surface area contributed by atoms with Crippen LogP contribution in [0.25, 0.3) is 11.0 Å². The molecular weight excluding hydrogens is 302 g/mol. The van der Waals surface area contributed by atoms with Crippen LogP contribution >= 0.6 is 11.3 Å². The van der Waals surface area contributed by atoms with Gasteiger partial charge < -0.3 is 9.72 Å². The lowest BCUT2D eigenvalue weighted by Gasteiger charge is -1.99. The van der Waals surface area contributed by atoms with Crippen molar-refractivity contribution in [1.29, 1.82) is 0 Å². The lowest BCUT2D eigenvalue weighted by atomic mass is 10.1. The fourth-order valence-corrected chi connectivity index (χ4v) is 2.75. The highest BCUT2D eigenvalue weighted by Crippen LogP contribution is 2.18. The van der Waals surface area contributed by atoms with Crippen LogP contribution in [0.5, 0.6) is 0 Å². The molecule has 0 aliphatic carbocycles. The van der Waals surface area contributed by atoms with E-state index in [1.165, 1.54) is 18.4 Å². The number of H-pyrrole nitrogens is 1. The second kappa shape index (κ2) is 5.98. The predicted octanol–water partition coefficient (Wildman–Crippen LogP) is 3.23. The van der Waals surface area contributed by atoms with Gasteiger partial charge in [0.2, 0.25) is 5.95 Å². The van der Waals surface area contributed by atoms with Gasteiger partial charge in [0.05, 0.1) is 23.0 Å². The molecule has 3 aromatic rings. The van der Waals surface area contributed by atoms with Gasteiger partial charge in [0.15, 0.2) is 5.78 Å². The number of hydrogen-bond acceptors (Lipinski definition) is 5. The molecule has 0 aliphatic heterocycles. The third-order valence-electron chi connectivity index (χ3n) is 3.11. The van der Waals surface area contributed by atoms with Gasteiger partial charge in [-0.15, -0.1) is 11.3 Å². The zero-order valence-electron chi connectivity index (χ0n) is 11.8. The molecule has 6 nitrogen and oxygen atoms in total. The number of ketones is 1. The molecule has 0 spiro atoms. The van der Waals surface area contributed by atoms with E-state index in [1.807, 2.05) is 35.7 Å². The average Bonchev–Trinajstić information content (AvgIpc) is 3.15. The minimum Gasteiger partial charge on any atom is -0.453 e. The van der Waals surface area contributed by atoms with E-state index in [-0.39, 0.29) is 5.78 Å². The fraction of sp³-hybridized carbons (Fsp3) is 0.133. The molecule has 2 N–H and O–H groups in total. The zero-order chi connectivity index (χ0) is 15.5. The summed E-state index contributed by atoms with van der Waals surface area (Å²) in [5.41, 5.74) is 2.35. The van der Waals surface area contributed by atoms with Crippen molar-refractivity contribution in [2.45, 2.75) is 6.42 Å². The number of aromatic nitrogens is 2. The van der Waals surface area contributed by atoms with Crippen molar-refractivity contribution in [3.8, 4) is 0 Å². The number of nitrogens with one attached hydrogen (secondary N) is 2. The Morgan fingerprint density at radius 1 is 1.36 bits per heavy atom. The quantitative estimate of drug-likeness (QED) is 0.724. The first kappa shape index (κ1) is 14.3. The van der Waals surface area contributed by atoms with E-state index in [1.54, 1.807) is 0 Å². The molecule has 0 unspecified atom stereocenters. The summed E-state index contributed by atoms with van der Waals surface area (Å²) in [5.74, 6) is 0.394. The molecule has 22 heavy (non-hydrogen) atoms. The van der Waals surface area contributed by atoms with Crippen LogP contribution in [0.1, 0.15) is 15.2 Å². The summed E-state index contributed by atoms with van der Waals surface area (Å²) < 4.78 is 4.51. The van der Waals surface area contributed by atoms with Gasteiger partial charge in [-0.1, -0.05) is 12.1 Å². The minimum atomic E-state index is -0.591. The third-order valence-corrected chi connectivity index (χ3v) is 4.02. The average molecular weight is 315 g/mol. The summed E-state index contributed by atoms with van der Waals surface area (Å²) >= 11 is 1.44. The van der Waals surface area contributed by atoms with E-state index in [2.05, 4.69) is 20.0 Å². The number of benzene rings is 1. The zero-order valence-corrected chi connectivity index (χ0v) is 12.6. The molecule has 1 amide bonds. The SMILES string of the molecule is COC(=O)Nc1nc2ccc(CC(=O)c3cccs3)cc2[nH]1. The molecule has 0 atom stereocenters. The second-order valence-electron chi connectivity index (χ2n) is 4.63. The van der Waals surface area contributed by atoms with Crippen LogP contribution < -0.4 is 5.32 Å². The van der Waals surface area contributed by atoms with Gasteiger partial charge in [0.25, 0.3) is 0 Å². The molecule has 2 aromatic heterocycles. The van der Waals surface area contributed by atoms with Crippen LogP contribution in [0.15, 0.2) is 35.7 Å². The molecule has 0 bridgehead atoms. The smallest absolute Gasteiger partial charge is 0.413 e. The van der Waals surface area contributed by atoms with Crippen LogP contribution in [0.2, 0.25) is 0 Å². The highest BCUT2D eigenvalue weighted by Gasteiger charge is 2.10. The number of ether oxygens (including phenoxy) is 1. The topological polar surface area (TPSA) is 84.1 Å². The van der Waals surface area contributed by atoms with Crippen LogP contribution in [-0.4, -0.2) is 29.0 Å². The maximum Gasteiger partial charge on any atom is 0.413 e. The Hall–Kier alpha value is -2.67. The van der Waals surface area contributed by atoms with Gasteiger partial charge in [-0.3, -0.25) is 10.1 Å². The lowest BCUT2D eigenvalue weighted by molar-refractivity contribution is 0.0997. The first-order valence-corrected chi connectivity index (χ1v) is 7.44. The lowest BCUT2D eigenvalue weighted by Crippen LogP contribution is -2.11. The van der Waals surface area contributed by atoms with Crippen LogP contribution in [0.4, 0.5) is 10.7 Å². The minimum absolute atomic E-state index is 0.0850. The van der Waals surface area contributed by atoms with Gasteiger partial charge in [0, 0.05) is 6.42 Å². The first-order valence-electron chi connectivity index (χ1n) is 6.56. The number of Topliss-reactive ketones (excluding diaryl/α,β-unsaturated/α-hetero) is 1. The fourth-order valence-electron chi connectivity index (χ4n) is 2.08. The summed E-state index contributed by atoms with van der Waals surface area (Å²) in [5, 5.41) is 4.36. The van der Waals surface area contributed by atoms with Crippen molar-refractivity contribution < 1.29 is 14.3 Å². The van der Waals surface area contributed by atoms with Gasteiger partial charge in [-0.25, -0.2) is 9.78 Å². The van der Waals surface area contributed by atoms with Crippen molar-refractivity contribution in [1.82, 2.24) is 9.97 Å². The molecular formula is C15H13N3O3S. The molecule has 0 aliphatic rings. The van der Waals surface area contributed by atoms with Crippen molar-refractivity contribution in [3.05, 3.63) is 46.2 Å². The predicted molar refractivity (Wildman–Crippen MR) is 84.5 cm³/mol. The summed E-state index contributed by atoms with van der Waals surface area (Å²) in [4.78, 5) is 31.2. The number of fused-ring (bicyclic) bond motifs is 1. The number of amides is 1. The van der Waals surface area contributed by atoms with Crippen LogP contribution in [-0.2, 0) is 11.2 Å². The molecule has 0 saturated heterocycles. The van der Waals surface area contributed by atoms with E-state index in [0.29, 0.717) is 17.9 Å². The Kier molecular flexibility index (Phi) is 3.88. The number of carbonyl (C=O) groups excluding carboxylic acids is 2. The molecule has 7 heteroatoms. The molecule has 2 heterocycles. The third kappa shape index (κ3) is 2.99. The largest absolute Gasteiger partial charge is 0.453 e. The number of nitrogens with zero attached hydrogens (tertiary/aromatic N) is 1. The molecule has 0 fully saturated rings. The van der Waals surface area contributed by atoms with Crippen molar-refractivity contribution >= 4 is 40.2 Å². The summed E-state index contributed by atoms with van der Waals surface area (Å²) in [6.07, 6.45) is -0.262. The van der Waals surface area contributed by atoms with Crippen molar-refractivity contribution in [2.75, 3.05) is 12.4 Å². The molecule has 0 saturated carbocycles. The number of hydrogen-bond donors (Lipinski definition) is 2. The van der Waals surface area contributed by atoms with E-state index < -0.39 is 6.09 Å². The Morgan fingerprint density at radius 2 is 2.23 bits per heavy atom. The molecule has 3 rings (SSSR count). The number of carbonyl (C=O) groups is 2. The molecule has 1 aromatic carbocycles.